The van der Waals surface area contributed by atoms with Crippen molar-refractivity contribution >= 4 is 23.5 Å². The predicted octanol–water partition coefficient (Wildman–Crippen LogP) is 4.07. The quantitative estimate of drug-likeness (QED) is 0.202. The van der Waals surface area contributed by atoms with E-state index in [1.807, 2.05) is 24.3 Å². The number of methoxy groups -OCH3 is 1. The van der Waals surface area contributed by atoms with E-state index in [-0.39, 0.29) is 23.8 Å². The maximum Gasteiger partial charge on any atom is 0.325 e. The summed E-state index contributed by atoms with van der Waals surface area (Å²) in [6, 6.07) is 15.5. The topological polar surface area (TPSA) is 125 Å². The number of urea groups is 1. The fourth-order valence-corrected chi connectivity index (χ4v) is 3.21. The average molecular weight is 524 g/mol. The van der Waals surface area contributed by atoms with E-state index in [9.17, 15) is 18.4 Å². The van der Waals surface area contributed by atoms with Gasteiger partial charge in [0.1, 0.15) is 17.4 Å². The molecule has 3 aromatic rings. The summed E-state index contributed by atoms with van der Waals surface area (Å²) in [5.41, 5.74) is 1.58. The van der Waals surface area contributed by atoms with Crippen LogP contribution in [0.25, 0.3) is 0 Å². The number of amides is 3. The van der Waals surface area contributed by atoms with Crippen molar-refractivity contribution in [3.8, 4) is 11.5 Å². The molecule has 0 heterocycles. The molecule has 0 spiro atoms. The summed E-state index contributed by atoms with van der Waals surface area (Å²) in [4.78, 5) is 24.1. The van der Waals surface area contributed by atoms with Crippen molar-refractivity contribution in [3.05, 3.63) is 101 Å². The highest BCUT2D eigenvalue weighted by molar-refractivity contribution is 6.01. The zero-order valence-electron chi connectivity index (χ0n) is 20.7. The van der Waals surface area contributed by atoms with Gasteiger partial charge in [0.2, 0.25) is 11.8 Å². The van der Waals surface area contributed by atoms with Crippen LogP contribution in [0, 0.1) is 17.0 Å². The third-order valence-corrected chi connectivity index (χ3v) is 5.13. The fourth-order valence-electron chi connectivity index (χ4n) is 3.21. The van der Waals surface area contributed by atoms with Gasteiger partial charge in [-0.1, -0.05) is 24.3 Å². The molecule has 5 N–H and O–H groups in total. The molecule has 0 radical (unpaired) electrons. The van der Waals surface area contributed by atoms with Gasteiger partial charge in [0.15, 0.2) is 11.6 Å². The molecule has 3 amide bonds. The van der Waals surface area contributed by atoms with Gasteiger partial charge < -0.3 is 25.4 Å². The number of nitrogens with one attached hydrogen (secondary N) is 5. The van der Waals surface area contributed by atoms with Crippen molar-refractivity contribution < 1.29 is 27.8 Å². The zero-order chi connectivity index (χ0) is 27.5. The summed E-state index contributed by atoms with van der Waals surface area (Å²) in [5.74, 6) is -1.21. The van der Waals surface area contributed by atoms with E-state index >= 15 is 0 Å². The Kier molecular flexibility index (Phi) is 9.75. The summed E-state index contributed by atoms with van der Waals surface area (Å²) in [6.07, 6.45) is 1.23. The van der Waals surface area contributed by atoms with E-state index in [0.717, 1.165) is 17.4 Å². The van der Waals surface area contributed by atoms with Crippen molar-refractivity contribution in [3.63, 3.8) is 0 Å². The first-order chi connectivity index (χ1) is 18.2. The first-order valence-corrected chi connectivity index (χ1v) is 11.4. The monoisotopic (exact) mass is 523 g/mol. The molecule has 0 saturated heterocycles. The standard InChI is InChI=1S/C27H27F2N5O4/c1-31-25(32-16-18-5-10-21(37-2)11-6-18)15-24(30)38-23-12-9-20(14-22(23)29)33-27(36)34-26(35)13-17-3-7-19(28)8-4-17/h3-12,14-15,30-32H,13,16H2,1-2H3,(H2,33,34,35,36)/b25-15+,30-24?. The Balaban J connectivity index is 1.51. The summed E-state index contributed by atoms with van der Waals surface area (Å²) >= 11 is 0. The second kappa shape index (κ2) is 13.4. The maximum absolute atomic E-state index is 14.5. The number of hydrogen-bond donors (Lipinski definition) is 5. The number of imide groups is 1. The average Bonchev–Trinajstić information content (AvgIpc) is 2.89. The molecule has 0 saturated carbocycles. The third kappa shape index (κ3) is 8.63. The molecule has 38 heavy (non-hydrogen) atoms. The van der Waals surface area contributed by atoms with Gasteiger partial charge in [-0.2, -0.15) is 0 Å². The first kappa shape index (κ1) is 27.7. The van der Waals surface area contributed by atoms with E-state index in [2.05, 4.69) is 21.3 Å². The lowest BCUT2D eigenvalue weighted by atomic mass is 10.1. The molecule has 0 aliphatic heterocycles. The number of carbonyl (C=O) groups is 2. The molecule has 0 unspecified atom stereocenters. The summed E-state index contributed by atoms with van der Waals surface area (Å²) in [6.45, 7) is 0.465. The van der Waals surface area contributed by atoms with Gasteiger partial charge in [-0.15, -0.1) is 0 Å². The minimum atomic E-state index is -0.859. The van der Waals surface area contributed by atoms with Crippen LogP contribution >= 0.6 is 0 Å². The Bertz CT molecular complexity index is 1310. The summed E-state index contributed by atoms with van der Waals surface area (Å²) in [5, 5.41) is 18.5. The van der Waals surface area contributed by atoms with Crippen molar-refractivity contribution in [2.45, 2.75) is 13.0 Å². The van der Waals surface area contributed by atoms with Gasteiger partial charge in [-0.3, -0.25) is 15.5 Å². The van der Waals surface area contributed by atoms with Crippen LogP contribution in [-0.2, 0) is 17.8 Å². The lowest BCUT2D eigenvalue weighted by molar-refractivity contribution is -0.119. The largest absolute Gasteiger partial charge is 0.497 e. The molecule has 0 bridgehead atoms. The highest BCUT2D eigenvalue weighted by atomic mass is 19.1. The minimum Gasteiger partial charge on any atom is -0.497 e. The zero-order valence-corrected chi connectivity index (χ0v) is 20.7. The number of benzene rings is 3. The molecule has 198 valence electrons. The molecule has 3 rings (SSSR count). The van der Waals surface area contributed by atoms with E-state index in [4.69, 9.17) is 14.9 Å². The van der Waals surface area contributed by atoms with Crippen molar-refractivity contribution in [2.75, 3.05) is 19.5 Å². The van der Waals surface area contributed by atoms with Gasteiger partial charge in [0, 0.05) is 31.4 Å². The van der Waals surface area contributed by atoms with Crippen LogP contribution in [0.5, 0.6) is 11.5 Å². The predicted molar refractivity (Wildman–Crippen MR) is 139 cm³/mol. The second-order valence-electron chi connectivity index (χ2n) is 7.93. The SMILES string of the molecule is CN/C(=C\C(=N)Oc1ccc(NC(=O)NC(=O)Cc2ccc(F)cc2)cc1F)NCc1ccc(OC)cc1. The molecule has 0 aromatic heterocycles. The Morgan fingerprint density at radius 1 is 0.974 bits per heavy atom. The highest BCUT2D eigenvalue weighted by Gasteiger charge is 2.12. The highest BCUT2D eigenvalue weighted by Crippen LogP contribution is 2.21. The Labute approximate surface area is 218 Å². The van der Waals surface area contributed by atoms with E-state index in [1.165, 1.54) is 42.5 Å². The molecule has 0 fully saturated rings. The number of ether oxygens (including phenoxy) is 2. The number of hydrogen-bond acceptors (Lipinski definition) is 7. The van der Waals surface area contributed by atoms with Crippen LogP contribution in [0.1, 0.15) is 11.1 Å². The van der Waals surface area contributed by atoms with Crippen LogP contribution in [0.15, 0.2) is 78.6 Å². The van der Waals surface area contributed by atoms with Crippen LogP contribution in [-0.4, -0.2) is 32.0 Å². The molecular formula is C27H27F2N5O4. The molecule has 0 atom stereocenters. The number of halogens is 2. The van der Waals surface area contributed by atoms with Gasteiger partial charge in [-0.05, 0) is 47.5 Å². The third-order valence-electron chi connectivity index (χ3n) is 5.13. The Hall–Kier alpha value is -4.93. The van der Waals surface area contributed by atoms with Crippen LogP contribution in [0.2, 0.25) is 0 Å². The lowest BCUT2D eigenvalue weighted by Crippen LogP contribution is -2.35. The van der Waals surface area contributed by atoms with Gasteiger partial charge >= 0.3 is 6.03 Å². The maximum atomic E-state index is 14.5. The molecule has 3 aromatic carbocycles. The normalized spacial score (nSPS) is 10.8. The number of rotatable bonds is 10. The van der Waals surface area contributed by atoms with Crippen LogP contribution in [0.3, 0.4) is 0 Å². The van der Waals surface area contributed by atoms with Gasteiger partial charge in [0.05, 0.1) is 13.5 Å². The molecule has 9 nitrogen and oxygen atoms in total. The van der Waals surface area contributed by atoms with Crippen molar-refractivity contribution in [1.82, 2.24) is 16.0 Å². The number of anilines is 1. The molecule has 0 aliphatic rings. The summed E-state index contributed by atoms with van der Waals surface area (Å²) < 4.78 is 37.9. The van der Waals surface area contributed by atoms with Gasteiger partial charge in [-0.25, -0.2) is 13.6 Å². The van der Waals surface area contributed by atoms with Crippen molar-refractivity contribution in [2.24, 2.45) is 0 Å². The molecular weight excluding hydrogens is 496 g/mol. The smallest absolute Gasteiger partial charge is 0.325 e. The molecule has 11 heteroatoms. The molecule has 0 aliphatic carbocycles. The first-order valence-electron chi connectivity index (χ1n) is 11.4. The number of carbonyl (C=O) groups excluding carboxylic acids is 2. The van der Waals surface area contributed by atoms with E-state index in [1.54, 1.807) is 14.2 Å². The van der Waals surface area contributed by atoms with Crippen LogP contribution in [0.4, 0.5) is 19.3 Å². The minimum absolute atomic E-state index is 0.0704. The van der Waals surface area contributed by atoms with E-state index in [0.29, 0.717) is 17.9 Å². The Morgan fingerprint density at radius 3 is 2.29 bits per heavy atom. The van der Waals surface area contributed by atoms with Crippen molar-refractivity contribution in [1.29, 1.82) is 5.41 Å². The summed E-state index contributed by atoms with van der Waals surface area (Å²) in [7, 11) is 3.25. The fraction of sp³-hybridized carbons (Fsp3) is 0.148. The second-order valence-corrected chi connectivity index (χ2v) is 7.93. The van der Waals surface area contributed by atoms with Gasteiger partial charge in [0.25, 0.3) is 0 Å². The van der Waals surface area contributed by atoms with Crippen LogP contribution < -0.4 is 30.7 Å². The van der Waals surface area contributed by atoms with E-state index < -0.39 is 23.6 Å². The Morgan fingerprint density at radius 2 is 1.66 bits per heavy atom. The lowest BCUT2D eigenvalue weighted by Gasteiger charge is -2.12.